The summed E-state index contributed by atoms with van der Waals surface area (Å²) in [4.78, 5) is 0. The van der Waals surface area contributed by atoms with Gasteiger partial charge in [-0.3, -0.25) is 0 Å². The largest absolute Gasteiger partial charge is 0.388 e. The van der Waals surface area contributed by atoms with Crippen LogP contribution >= 0.6 is 0 Å². The molecular formula is C9H20NO3+. The monoisotopic (exact) mass is 190 g/mol. The van der Waals surface area contributed by atoms with Gasteiger partial charge in [-0.15, -0.1) is 0 Å². The van der Waals surface area contributed by atoms with Crippen LogP contribution in [-0.2, 0) is 4.74 Å². The van der Waals surface area contributed by atoms with Crippen LogP contribution in [0.4, 0.5) is 0 Å². The molecule has 4 heteroatoms. The fraction of sp³-hybridized carbons (Fsp3) is 1.00. The van der Waals surface area contributed by atoms with Crippen LogP contribution < -0.4 is 0 Å². The number of likely N-dealkylation sites (N-methyl/N-ethyl adjacent to an activating group) is 1. The zero-order valence-corrected chi connectivity index (χ0v) is 8.77. The Labute approximate surface area is 79.3 Å². The molecule has 0 aliphatic carbocycles. The predicted molar refractivity (Wildman–Crippen MR) is 49.2 cm³/mol. The number of hydrogen-bond acceptors (Lipinski definition) is 3. The van der Waals surface area contributed by atoms with Gasteiger partial charge in [0.15, 0.2) is 0 Å². The highest BCUT2D eigenvalue weighted by molar-refractivity contribution is 4.88. The van der Waals surface area contributed by atoms with Crippen molar-refractivity contribution in [3.05, 3.63) is 0 Å². The molecule has 0 aromatic rings. The summed E-state index contributed by atoms with van der Waals surface area (Å²) in [7, 11) is 6.10. The summed E-state index contributed by atoms with van der Waals surface area (Å²) in [6, 6.07) is 0. The summed E-state index contributed by atoms with van der Waals surface area (Å²) in [5.41, 5.74) is 0. The Hall–Kier alpha value is -0.160. The molecule has 4 nitrogen and oxygen atoms in total. The fourth-order valence-electron chi connectivity index (χ4n) is 1.63. The maximum absolute atomic E-state index is 9.61. The SMILES string of the molecule is C[C@@H]1O[C@H](C[N+](C)(C)C)[C@@H](O)[C@H]1O. The number of aliphatic hydroxyl groups is 2. The standard InChI is InChI=1S/C9H20NO3/c1-6-8(11)9(12)7(13-6)5-10(2,3)4/h6-9,11-12H,5H2,1-4H3/q+1/t6-,7+,8-,9+/m0/s1. The molecule has 0 unspecified atom stereocenters. The van der Waals surface area contributed by atoms with Gasteiger partial charge in [0.05, 0.1) is 27.2 Å². The van der Waals surface area contributed by atoms with Crippen LogP contribution in [0.25, 0.3) is 0 Å². The number of aliphatic hydroxyl groups excluding tert-OH is 2. The number of rotatable bonds is 2. The lowest BCUT2D eigenvalue weighted by Crippen LogP contribution is -2.46. The Morgan fingerprint density at radius 2 is 1.69 bits per heavy atom. The third-order valence-electron chi connectivity index (χ3n) is 2.33. The lowest BCUT2D eigenvalue weighted by molar-refractivity contribution is -0.873. The Bertz CT molecular complexity index is 178. The minimum atomic E-state index is -0.743. The second kappa shape index (κ2) is 3.53. The number of hydrogen-bond donors (Lipinski definition) is 2. The smallest absolute Gasteiger partial charge is 0.135 e. The van der Waals surface area contributed by atoms with E-state index in [-0.39, 0.29) is 12.2 Å². The van der Waals surface area contributed by atoms with Crippen molar-refractivity contribution in [3.8, 4) is 0 Å². The maximum atomic E-state index is 9.61. The van der Waals surface area contributed by atoms with Gasteiger partial charge in [-0.05, 0) is 6.92 Å². The molecule has 0 aromatic carbocycles. The zero-order chi connectivity index (χ0) is 10.2. The van der Waals surface area contributed by atoms with E-state index in [1.165, 1.54) is 0 Å². The molecule has 78 valence electrons. The quantitative estimate of drug-likeness (QED) is 0.561. The predicted octanol–water partition coefficient (Wildman–Crippen LogP) is -0.798. The van der Waals surface area contributed by atoms with Gasteiger partial charge in [0.1, 0.15) is 24.9 Å². The van der Waals surface area contributed by atoms with Gasteiger partial charge in [-0.1, -0.05) is 0 Å². The molecule has 4 atom stereocenters. The molecule has 0 saturated carbocycles. The molecule has 0 bridgehead atoms. The first-order valence-corrected chi connectivity index (χ1v) is 4.63. The molecule has 1 saturated heterocycles. The molecule has 0 spiro atoms. The van der Waals surface area contributed by atoms with Crippen LogP contribution in [0.2, 0.25) is 0 Å². The molecule has 0 amide bonds. The van der Waals surface area contributed by atoms with Gasteiger partial charge in [-0.2, -0.15) is 0 Å². The lowest BCUT2D eigenvalue weighted by atomic mass is 10.1. The van der Waals surface area contributed by atoms with Crippen LogP contribution in [-0.4, -0.2) is 66.8 Å². The second-order valence-corrected chi connectivity index (χ2v) is 4.83. The van der Waals surface area contributed by atoms with Crippen molar-refractivity contribution in [2.24, 2.45) is 0 Å². The minimum Gasteiger partial charge on any atom is -0.388 e. The van der Waals surface area contributed by atoms with Crippen LogP contribution in [0.5, 0.6) is 0 Å². The van der Waals surface area contributed by atoms with Gasteiger partial charge in [-0.25, -0.2) is 0 Å². The minimum absolute atomic E-state index is 0.245. The Morgan fingerprint density at radius 1 is 1.15 bits per heavy atom. The van der Waals surface area contributed by atoms with Gasteiger partial charge in [0.2, 0.25) is 0 Å². The van der Waals surface area contributed by atoms with Crippen LogP contribution in [0.15, 0.2) is 0 Å². The molecule has 1 aliphatic rings. The van der Waals surface area contributed by atoms with E-state index in [0.29, 0.717) is 6.54 Å². The molecule has 2 N–H and O–H groups in total. The summed E-state index contributed by atoms with van der Waals surface area (Å²) in [5.74, 6) is 0. The van der Waals surface area contributed by atoms with E-state index >= 15 is 0 Å². The molecule has 13 heavy (non-hydrogen) atoms. The summed E-state index contributed by atoms with van der Waals surface area (Å²) in [5, 5.41) is 19.1. The lowest BCUT2D eigenvalue weighted by Gasteiger charge is -2.28. The van der Waals surface area contributed by atoms with Crippen molar-refractivity contribution < 1.29 is 19.4 Å². The first-order chi connectivity index (χ1) is 5.81. The number of quaternary nitrogens is 1. The fourth-order valence-corrected chi connectivity index (χ4v) is 1.63. The van der Waals surface area contributed by atoms with Gasteiger partial charge < -0.3 is 19.4 Å². The second-order valence-electron chi connectivity index (χ2n) is 4.83. The van der Waals surface area contributed by atoms with E-state index in [9.17, 15) is 10.2 Å². The van der Waals surface area contributed by atoms with Crippen LogP contribution in [0.1, 0.15) is 6.92 Å². The first kappa shape index (κ1) is 10.9. The Morgan fingerprint density at radius 3 is 2.00 bits per heavy atom. The molecule has 1 aliphatic heterocycles. The van der Waals surface area contributed by atoms with Crippen molar-refractivity contribution in [3.63, 3.8) is 0 Å². The molecule has 1 fully saturated rings. The number of nitrogens with zero attached hydrogens (tertiary/aromatic N) is 1. The molecule has 1 rings (SSSR count). The summed E-state index contributed by atoms with van der Waals surface area (Å²) < 4.78 is 6.17. The Kier molecular flexibility index (Phi) is 2.97. The topological polar surface area (TPSA) is 49.7 Å². The van der Waals surface area contributed by atoms with Crippen molar-refractivity contribution >= 4 is 0 Å². The third-order valence-corrected chi connectivity index (χ3v) is 2.33. The molecule has 1 heterocycles. The maximum Gasteiger partial charge on any atom is 0.135 e. The van der Waals surface area contributed by atoms with Crippen molar-refractivity contribution in [2.75, 3.05) is 27.7 Å². The average molecular weight is 190 g/mol. The number of ether oxygens (including phenoxy) is 1. The highest BCUT2D eigenvalue weighted by atomic mass is 16.5. The van der Waals surface area contributed by atoms with Gasteiger partial charge in [0.25, 0.3) is 0 Å². The van der Waals surface area contributed by atoms with Gasteiger partial charge in [0, 0.05) is 0 Å². The molecule has 0 radical (unpaired) electrons. The summed E-state index contributed by atoms with van der Waals surface area (Å²) in [6.45, 7) is 2.49. The first-order valence-electron chi connectivity index (χ1n) is 4.63. The Balaban J connectivity index is 2.54. The highest BCUT2D eigenvalue weighted by Gasteiger charge is 2.42. The average Bonchev–Trinajstić information content (AvgIpc) is 2.15. The summed E-state index contributed by atoms with van der Waals surface area (Å²) >= 11 is 0. The van der Waals surface area contributed by atoms with Crippen LogP contribution in [0.3, 0.4) is 0 Å². The van der Waals surface area contributed by atoms with E-state index in [2.05, 4.69) is 0 Å². The van der Waals surface area contributed by atoms with E-state index in [0.717, 1.165) is 4.48 Å². The summed E-state index contributed by atoms with van der Waals surface area (Å²) in [6.07, 6.45) is -1.99. The molecule has 0 aromatic heterocycles. The normalized spacial score (nSPS) is 41.1. The van der Waals surface area contributed by atoms with E-state index in [1.54, 1.807) is 6.92 Å². The molecular weight excluding hydrogens is 170 g/mol. The van der Waals surface area contributed by atoms with Crippen LogP contribution in [0, 0.1) is 0 Å². The van der Waals surface area contributed by atoms with Crippen molar-refractivity contribution in [1.82, 2.24) is 0 Å². The van der Waals surface area contributed by atoms with E-state index in [4.69, 9.17) is 4.74 Å². The zero-order valence-electron chi connectivity index (χ0n) is 8.77. The van der Waals surface area contributed by atoms with Crippen molar-refractivity contribution in [1.29, 1.82) is 0 Å². The van der Waals surface area contributed by atoms with Crippen molar-refractivity contribution in [2.45, 2.75) is 31.3 Å². The third kappa shape index (κ3) is 2.64. The van der Waals surface area contributed by atoms with E-state index < -0.39 is 12.2 Å². The van der Waals surface area contributed by atoms with E-state index in [1.807, 2.05) is 21.1 Å². The van der Waals surface area contributed by atoms with Gasteiger partial charge >= 0.3 is 0 Å². The highest BCUT2D eigenvalue weighted by Crippen LogP contribution is 2.22.